The number of nitrogens with one attached hydrogen (secondary N) is 2. The van der Waals surface area contributed by atoms with E-state index in [1.807, 2.05) is 6.07 Å². The molecule has 0 bridgehead atoms. The SMILES string of the molecule is CCNC(=NCC1CC1c1ccccc1)NCCC1CCN(CC(F)(F)F)CC1. The van der Waals surface area contributed by atoms with Crippen LogP contribution in [0.5, 0.6) is 0 Å². The Kier molecular flexibility index (Phi) is 7.81. The van der Waals surface area contributed by atoms with Gasteiger partial charge in [0, 0.05) is 19.6 Å². The summed E-state index contributed by atoms with van der Waals surface area (Å²) in [4.78, 5) is 6.27. The maximum absolute atomic E-state index is 12.5. The highest BCUT2D eigenvalue weighted by Crippen LogP contribution is 2.47. The Bertz CT molecular complexity index is 639. The zero-order chi connectivity index (χ0) is 20.7. The second-order valence-electron chi connectivity index (χ2n) is 8.28. The summed E-state index contributed by atoms with van der Waals surface area (Å²) in [5.74, 6) is 2.58. The van der Waals surface area contributed by atoms with Crippen molar-refractivity contribution in [1.29, 1.82) is 0 Å². The number of alkyl halides is 3. The van der Waals surface area contributed by atoms with E-state index >= 15 is 0 Å². The Morgan fingerprint density at radius 3 is 2.52 bits per heavy atom. The van der Waals surface area contributed by atoms with Crippen LogP contribution in [0.1, 0.15) is 44.1 Å². The van der Waals surface area contributed by atoms with Gasteiger partial charge in [0.05, 0.1) is 6.54 Å². The summed E-state index contributed by atoms with van der Waals surface area (Å²) in [5, 5.41) is 6.70. The van der Waals surface area contributed by atoms with Gasteiger partial charge in [-0.15, -0.1) is 0 Å². The summed E-state index contributed by atoms with van der Waals surface area (Å²) in [6.45, 7) is 4.81. The molecule has 0 aromatic heterocycles. The molecule has 1 aromatic rings. The quantitative estimate of drug-likeness (QED) is 0.503. The molecule has 1 saturated heterocycles. The molecule has 1 heterocycles. The third-order valence-electron chi connectivity index (χ3n) is 5.93. The highest BCUT2D eigenvalue weighted by Gasteiger charge is 2.37. The molecule has 0 amide bonds. The first-order valence-corrected chi connectivity index (χ1v) is 10.8. The molecule has 2 fully saturated rings. The smallest absolute Gasteiger partial charge is 0.357 e. The highest BCUT2D eigenvalue weighted by atomic mass is 19.4. The van der Waals surface area contributed by atoms with Crippen molar-refractivity contribution in [3.05, 3.63) is 35.9 Å². The summed E-state index contributed by atoms with van der Waals surface area (Å²) in [6, 6.07) is 10.6. The molecule has 29 heavy (non-hydrogen) atoms. The predicted octanol–water partition coefficient (Wildman–Crippen LogP) is 4.01. The number of likely N-dealkylation sites (tertiary alicyclic amines) is 1. The summed E-state index contributed by atoms with van der Waals surface area (Å²) in [5.41, 5.74) is 1.41. The average Bonchev–Trinajstić information content (AvgIpc) is 3.47. The lowest BCUT2D eigenvalue weighted by molar-refractivity contribution is -0.148. The van der Waals surface area contributed by atoms with Gasteiger partial charge in [-0.2, -0.15) is 13.2 Å². The van der Waals surface area contributed by atoms with Crippen molar-refractivity contribution in [1.82, 2.24) is 15.5 Å². The van der Waals surface area contributed by atoms with Crippen molar-refractivity contribution >= 4 is 5.96 Å². The van der Waals surface area contributed by atoms with Gasteiger partial charge in [0.15, 0.2) is 5.96 Å². The highest BCUT2D eigenvalue weighted by molar-refractivity contribution is 5.79. The molecule has 4 nitrogen and oxygen atoms in total. The van der Waals surface area contributed by atoms with Crippen LogP contribution in [-0.4, -0.2) is 56.3 Å². The minimum Gasteiger partial charge on any atom is -0.357 e. The number of rotatable bonds is 8. The number of guanidine groups is 1. The van der Waals surface area contributed by atoms with E-state index in [1.54, 1.807) is 0 Å². The minimum absolute atomic E-state index is 0.487. The zero-order valence-electron chi connectivity index (χ0n) is 17.2. The van der Waals surface area contributed by atoms with Crippen LogP contribution in [0.2, 0.25) is 0 Å². The van der Waals surface area contributed by atoms with Crippen molar-refractivity contribution in [2.75, 3.05) is 39.3 Å². The molecular formula is C22H33F3N4. The summed E-state index contributed by atoms with van der Waals surface area (Å²) >= 11 is 0. The second kappa shape index (κ2) is 10.3. The van der Waals surface area contributed by atoms with Gasteiger partial charge in [-0.3, -0.25) is 9.89 Å². The van der Waals surface area contributed by atoms with Gasteiger partial charge >= 0.3 is 6.18 Å². The number of piperidine rings is 1. The van der Waals surface area contributed by atoms with Gasteiger partial charge < -0.3 is 10.6 Å². The second-order valence-corrected chi connectivity index (χ2v) is 8.28. The average molecular weight is 411 g/mol. The van der Waals surface area contributed by atoms with Crippen LogP contribution in [0.15, 0.2) is 35.3 Å². The Labute approximate surface area is 172 Å². The van der Waals surface area contributed by atoms with Crippen LogP contribution in [0.3, 0.4) is 0 Å². The molecule has 2 unspecified atom stereocenters. The lowest BCUT2D eigenvalue weighted by Crippen LogP contribution is -2.41. The normalized spacial score (nSPS) is 23.8. The number of hydrogen-bond acceptors (Lipinski definition) is 2. The van der Waals surface area contributed by atoms with Crippen LogP contribution >= 0.6 is 0 Å². The van der Waals surface area contributed by atoms with E-state index in [2.05, 4.69) is 41.8 Å². The molecular weight excluding hydrogens is 377 g/mol. The van der Waals surface area contributed by atoms with E-state index in [4.69, 9.17) is 4.99 Å². The fourth-order valence-corrected chi connectivity index (χ4v) is 4.19. The first-order chi connectivity index (χ1) is 13.9. The van der Waals surface area contributed by atoms with E-state index in [0.29, 0.717) is 30.8 Å². The lowest BCUT2D eigenvalue weighted by atomic mass is 9.93. The van der Waals surface area contributed by atoms with Crippen LogP contribution in [0, 0.1) is 11.8 Å². The Morgan fingerprint density at radius 2 is 1.86 bits per heavy atom. The first kappa shape index (κ1) is 21.9. The topological polar surface area (TPSA) is 39.7 Å². The monoisotopic (exact) mass is 410 g/mol. The molecule has 2 N–H and O–H groups in total. The summed E-state index contributed by atoms with van der Waals surface area (Å²) in [7, 11) is 0. The van der Waals surface area contributed by atoms with E-state index in [-0.39, 0.29) is 0 Å². The van der Waals surface area contributed by atoms with E-state index in [9.17, 15) is 13.2 Å². The van der Waals surface area contributed by atoms with Crippen LogP contribution in [0.4, 0.5) is 13.2 Å². The molecule has 3 rings (SSSR count). The third-order valence-corrected chi connectivity index (χ3v) is 5.93. The number of aliphatic imine (C=N–C) groups is 1. The van der Waals surface area contributed by atoms with Crippen molar-refractivity contribution in [2.45, 2.75) is 44.7 Å². The minimum atomic E-state index is -4.09. The van der Waals surface area contributed by atoms with Crippen molar-refractivity contribution in [2.24, 2.45) is 16.8 Å². The van der Waals surface area contributed by atoms with Gasteiger partial charge in [0.1, 0.15) is 0 Å². The molecule has 1 aliphatic heterocycles. The van der Waals surface area contributed by atoms with Gasteiger partial charge in [0.25, 0.3) is 0 Å². The maximum Gasteiger partial charge on any atom is 0.401 e. The molecule has 1 aromatic carbocycles. The van der Waals surface area contributed by atoms with Gasteiger partial charge in [0.2, 0.25) is 0 Å². The third kappa shape index (κ3) is 7.53. The number of benzene rings is 1. The number of nitrogens with zero attached hydrogens (tertiary/aromatic N) is 2. The zero-order valence-corrected chi connectivity index (χ0v) is 17.2. The molecule has 0 radical (unpaired) electrons. The van der Waals surface area contributed by atoms with Crippen molar-refractivity contribution in [3.8, 4) is 0 Å². The maximum atomic E-state index is 12.5. The molecule has 1 saturated carbocycles. The van der Waals surface area contributed by atoms with E-state index in [0.717, 1.165) is 44.9 Å². The Balaban J connectivity index is 1.35. The summed E-state index contributed by atoms with van der Waals surface area (Å²) < 4.78 is 37.5. The van der Waals surface area contributed by atoms with E-state index in [1.165, 1.54) is 16.9 Å². The fraction of sp³-hybridized carbons (Fsp3) is 0.682. The standard InChI is InChI=1S/C22H33F3N4/c1-2-26-21(28-15-19-14-20(19)18-6-4-3-5-7-18)27-11-8-17-9-12-29(13-10-17)16-22(23,24)25/h3-7,17,19-20H,2,8-16H2,1H3,(H2,26,27,28). The largest absolute Gasteiger partial charge is 0.401 e. The Morgan fingerprint density at radius 1 is 1.14 bits per heavy atom. The number of halogens is 3. The fourth-order valence-electron chi connectivity index (χ4n) is 4.19. The lowest BCUT2D eigenvalue weighted by Gasteiger charge is -2.32. The van der Waals surface area contributed by atoms with Crippen molar-refractivity contribution < 1.29 is 13.2 Å². The van der Waals surface area contributed by atoms with Crippen LogP contribution < -0.4 is 10.6 Å². The molecule has 162 valence electrons. The van der Waals surface area contributed by atoms with Crippen LogP contribution in [0.25, 0.3) is 0 Å². The van der Waals surface area contributed by atoms with Gasteiger partial charge in [-0.25, -0.2) is 0 Å². The predicted molar refractivity (Wildman–Crippen MR) is 111 cm³/mol. The van der Waals surface area contributed by atoms with Crippen molar-refractivity contribution in [3.63, 3.8) is 0 Å². The molecule has 2 aliphatic rings. The molecule has 0 spiro atoms. The summed E-state index contributed by atoms with van der Waals surface area (Å²) in [6.07, 6.45) is -0.241. The van der Waals surface area contributed by atoms with Gasteiger partial charge in [-0.05, 0) is 69.0 Å². The number of hydrogen-bond donors (Lipinski definition) is 2. The Hall–Kier alpha value is -1.76. The van der Waals surface area contributed by atoms with E-state index < -0.39 is 12.7 Å². The molecule has 7 heteroatoms. The first-order valence-electron chi connectivity index (χ1n) is 10.8. The van der Waals surface area contributed by atoms with Gasteiger partial charge in [-0.1, -0.05) is 30.3 Å². The molecule has 2 atom stereocenters. The molecule has 1 aliphatic carbocycles. The van der Waals surface area contributed by atoms with Crippen LogP contribution in [-0.2, 0) is 0 Å².